The summed E-state index contributed by atoms with van der Waals surface area (Å²) >= 11 is 8.70. The Morgan fingerprint density at radius 2 is 1.85 bits per heavy atom. The molecule has 20 heavy (non-hydrogen) atoms. The van der Waals surface area contributed by atoms with Crippen molar-refractivity contribution in [1.29, 1.82) is 5.26 Å². The minimum absolute atomic E-state index is 0.162. The van der Waals surface area contributed by atoms with Crippen molar-refractivity contribution in [2.75, 3.05) is 0 Å². The van der Waals surface area contributed by atoms with E-state index in [2.05, 4.69) is 53.4 Å². The van der Waals surface area contributed by atoms with Gasteiger partial charge in [0, 0.05) is 15.6 Å². The van der Waals surface area contributed by atoms with Gasteiger partial charge in [-0.15, -0.1) is 0 Å². The highest BCUT2D eigenvalue weighted by Gasteiger charge is 2.32. The normalized spacial score (nSPS) is 19.1. The molecular weight excluding hydrogens is 334 g/mol. The first-order chi connectivity index (χ1) is 9.32. The lowest BCUT2D eigenvalue weighted by atomic mass is 9.84. The predicted octanol–water partition coefficient (Wildman–Crippen LogP) is 3.79. The molecule has 1 aromatic carbocycles. The van der Waals surface area contributed by atoms with Gasteiger partial charge >= 0.3 is 0 Å². The third-order valence-electron chi connectivity index (χ3n) is 3.15. The molecule has 3 nitrogen and oxygen atoms in total. The minimum atomic E-state index is -0.198. The Kier molecular flexibility index (Phi) is 4.17. The molecule has 1 aliphatic heterocycles. The molecule has 0 amide bonds. The van der Waals surface area contributed by atoms with Crippen LogP contribution < -0.4 is 10.6 Å². The van der Waals surface area contributed by atoms with Crippen LogP contribution in [0.4, 0.5) is 0 Å². The van der Waals surface area contributed by atoms with Gasteiger partial charge in [0.25, 0.3) is 0 Å². The maximum Gasteiger partial charge on any atom is 0.171 e. The van der Waals surface area contributed by atoms with Crippen LogP contribution in [0.3, 0.4) is 0 Å². The second-order valence-corrected chi connectivity index (χ2v) is 7.06. The van der Waals surface area contributed by atoms with Crippen LogP contribution in [-0.4, -0.2) is 5.11 Å². The SMILES string of the molecule is CC(C)(C)C1=C(C#N)[C@H](c2ccc(Br)cc2)NC(=S)N1. The number of hydrogen-bond donors (Lipinski definition) is 2. The first-order valence-corrected chi connectivity index (χ1v) is 7.51. The Morgan fingerprint density at radius 3 is 2.35 bits per heavy atom. The Balaban J connectivity index is 2.54. The number of hydrogen-bond acceptors (Lipinski definition) is 2. The van der Waals surface area contributed by atoms with Crippen molar-refractivity contribution in [1.82, 2.24) is 10.6 Å². The van der Waals surface area contributed by atoms with Crippen LogP contribution in [0.2, 0.25) is 0 Å². The molecule has 2 N–H and O–H groups in total. The van der Waals surface area contributed by atoms with Crippen LogP contribution in [0, 0.1) is 16.7 Å². The van der Waals surface area contributed by atoms with Crippen molar-refractivity contribution < 1.29 is 0 Å². The second kappa shape index (κ2) is 5.55. The molecule has 5 heteroatoms. The minimum Gasteiger partial charge on any atom is -0.351 e. The van der Waals surface area contributed by atoms with E-state index in [4.69, 9.17) is 12.2 Å². The van der Waals surface area contributed by atoms with Gasteiger partial charge in [-0.1, -0.05) is 48.8 Å². The van der Waals surface area contributed by atoms with Crippen LogP contribution in [0.1, 0.15) is 32.4 Å². The van der Waals surface area contributed by atoms with Gasteiger partial charge < -0.3 is 10.6 Å². The Labute approximate surface area is 133 Å². The van der Waals surface area contributed by atoms with Crippen molar-refractivity contribution in [3.05, 3.63) is 45.6 Å². The highest BCUT2D eigenvalue weighted by Crippen LogP contribution is 2.34. The van der Waals surface area contributed by atoms with E-state index in [0.717, 1.165) is 15.7 Å². The van der Waals surface area contributed by atoms with Gasteiger partial charge in [0.2, 0.25) is 0 Å². The van der Waals surface area contributed by atoms with Gasteiger partial charge in [-0.05, 0) is 29.9 Å². The zero-order valence-electron chi connectivity index (χ0n) is 11.6. The van der Waals surface area contributed by atoms with Crippen molar-refractivity contribution in [2.24, 2.45) is 5.41 Å². The second-order valence-electron chi connectivity index (χ2n) is 5.73. The molecule has 0 aliphatic carbocycles. The Bertz CT molecular complexity index is 605. The van der Waals surface area contributed by atoms with Crippen LogP contribution in [0.15, 0.2) is 40.0 Å². The van der Waals surface area contributed by atoms with E-state index in [-0.39, 0.29) is 11.5 Å². The van der Waals surface area contributed by atoms with Gasteiger partial charge in [-0.25, -0.2) is 0 Å². The summed E-state index contributed by atoms with van der Waals surface area (Å²) in [5.41, 5.74) is 2.44. The number of thiocarbonyl (C=S) groups is 1. The van der Waals surface area contributed by atoms with E-state index in [0.29, 0.717) is 10.7 Å². The third kappa shape index (κ3) is 3.02. The largest absolute Gasteiger partial charge is 0.351 e. The first kappa shape index (κ1) is 15.0. The maximum atomic E-state index is 9.56. The van der Waals surface area contributed by atoms with Crippen molar-refractivity contribution in [2.45, 2.75) is 26.8 Å². The van der Waals surface area contributed by atoms with Crippen LogP contribution in [-0.2, 0) is 0 Å². The summed E-state index contributed by atoms with van der Waals surface area (Å²) < 4.78 is 1.01. The number of nitrogens with one attached hydrogen (secondary N) is 2. The van der Waals surface area contributed by atoms with Crippen LogP contribution in [0.25, 0.3) is 0 Å². The fourth-order valence-electron chi connectivity index (χ4n) is 2.18. The summed E-state index contributed by atoms with van der Waals surface area (Å²) in [5, 5.41) is 16.4. The summed E-state index contributed by atoms with van der Waals surface area (Å²) in [4.78, 5) is 0. The molecular formula is C15H16BrN3S. The summed E-state index contributed by atoms with van der Waals surface area (Å²) in [7, 11) is 0. The highest BCUT2D eigenvalue weighted by molar-refractivity contribution is 9.10. The molecule has 0 saturated carbocycles. The quantitative estimate of drug-likeness (QED) is 0.757. The summed E-state index contributed by atoms with van der Waals surface area (Å²) in [6, 6.07) is 10.0. The van der Waals surface area contributed by atoms with E-state index in [9.17, 15) is 5.26 Å². The van der Waals surface area contributed by atoms with E-state index >= 15 is 0 Å². The molecule has 0 spiro atoms. The molecule has 2 rings (SSSR count). The lowest BCUT2D eigenvalue weighted by Crippen LogP contribution is -2.46. The average molecular weight is 350 g/mol. The number of nitrogens with zero attached hydrogens (tertiary/aromatic N) is 1. The van der Waals surface area contributed by atoms with E-state index in [1.165, 1.54) is 0 Å². The van der Waals surface area contributed by atoms with Crippen LogP contribution in [0.5, 0.6) is 0 Å². The number of benzene rings is 1. The molecule has 1 aromatic rings. The fraction of sp³-hybridized carbons (Fsp3) is 0.333. The number of nitriles is 1. The van der Waals surface area contributed by atoms with Gasteiger partial charge in [0.1, 0.15) is 0 Å². The van der Waals surface area contributed by atoms with E-state index in [1.54, 1.807) is 0 Å². The molecule has 1 atom stereocenters. The monoisotopic (exact) mass is 349 g/mol. The summed E-state index contributed by atoms with van der Waals surface area (Å²) in [6.07, 6.45) is 0. The fourth-order valence-corrected chi connectivity index (χ4v) is 2.67. The molecule has 0 radical (unpaired) electrons. The van der Waals surface area contributed by atoms with E-state index in [1.807, 2.05) is 24.3 Å². The number of rotatable bonds is 1. The van der Waals surface area contributed by atoms with Gasteiger partial charge in [-0.2, -0.15) is 5.26 Å². The smallest absolute Gasteiger partial charge is 0.171 e. The van der Waals surface area contributed by atoms with Gasteiger partial charge in [-0.3, -0.25) is 0 Å². The van der Waals surface area contributed by atoms with Crippen molar-refractivity contribution in [3.63, 3.8) is 0 Å². The molecule has 1 aliphatic rings. The van der Waals surface area contributed by atoms with Crippen LogP contribution >= 0.6 is 28.1 Å². The highest BCUT2D eigenvalue weighted by atomic mass is 79.9. The summed E-state index contributed by atoms with van der Waals surface area (Å²) in [5.74, 6) is 0. The average Bonchev–Trinajstić information content (AvgIpc) is 2.37. The lowest BCUT2D eigenvalue weighted by Gasteiger charge is -2.34. The summed E-state index contributed by atoms with van der Waals surface area (Å²) in [6.45, 7) is 6.21. The van der Waals surface area contributed by atoms with Crippen molar-refractivity contribution in [3.8, 4) is 6.07 Å². The lowest BCUT2D eigenvalue weighted by molar-refractivity contribution is 0.462. The zero-order chi connectivity index (χ0) is 14.9. The van der Waals surface area contributed by atoms with Crippen molar-refractivity contribution >= 4 is 33.3 Å². The number of allylic oxidation sites excluding steroid dienone is 1. The molecule has 0 saturated heterocycles. The predicted molar refractivity (Wildman–Crippen MR) is 87.8 cm³/mol. The molecule has 104 valence electrons. The molecule has 0 aromatic heterocycles. The molecule has 0 fully saturated rings. The molecule has 0 bridgehead atoms. The first-order valence-electron chi connectivity index (χ1n) is 6.30. The molecule has 0 unspecified atom stereocenters. The van der Waals surface area contributed by atoms with E-state index < -0.39 is 0 Å². The van der Waals surface area contributed by atoms with Gasteiger partial charge in [0.15, 0.2) is 5.11 Å². The Hall–Kier alpha value is -1.38. The number of halogens is 1. The zero-order valence-corrected chi connectivity index (χ0v) is 14.0. The maximum absolute atomic E-state index is 9.56. The third-order valence-corrected chi connectivity index (χ3v) is 3.89. The standard InChI is InChI=1S/C15H16BrN3S/c1-15(2,3)13-11(8-17)12(18-14(20)19-13)9-4-6-10(16)7-5-9/h4-7,12H,1-3H3,(H2,18,19,20)/t12-/m0/s1. The Morgan fingerprint density at radius 1 is 1.25 bits per heavy atom. The molecule has 1 heterocycles. The van der Waals surface area contributed by atoms with Gasteiger partial charge in [0.05, 0.1) is 17.7 Å². The topological polar surface area (TPSA) is 47.9 Å².